The molecule has 13 heavy (non-hydrogen) atoms. The maximum Gasteiger partial charge on any atom is 0.321 e. The molecule has 1 aliphatic rings. The van der Waals surface area contributed by atoms with Gasteiger partial charge in [0.2, 0.25) is 0 Å². The van der Waals surface area contributed by atoms with Gasteiger partial charge in [0.15, 0.2) is 0 Å². The van der Waals surface area contributed by atoms with Crippen LogP contribution in [0.5, 0.6) is 0 Å². The molecule has 1 fully saturated rings. The number of carboxylic acids is 1. The Kier molecular flexibility index (Phi) is 3.65. The molecule has 1 heterocycles. The Balaban J connectivity index is 2.31. The Morgan fingerprint density at radius 3 is 3.08 bits per heavy atom. The molecule has 2 atom stereocenters. The van der Waals surface area contributed by atoms with Gasteiger partial charge in [-0.15, -0.1) is 0 Å². The molecule has 1 rings (SSSR count). The van der Waals surface area contributed by atoms with Crippen molar-refractivity contribution in [2.75, 3.05) is 26.2 Å². The van der Waals surface area contributed by atoms with E-state index in [1.165, 1.54) is 0 Å². The standard InChI is InChI=1S/C8H16N2O3/c1-6-4-10(2-3-13-6)5-7(9)8(11)12/h6-7H,2-5,9H2,1H3,(H,11,12). The lowest BCUT2D eigenvalue weighted by Gasteiger charge is -2.31. The summed E-state index contributed by atoms with van der Waals surface area (Å²) in [7, 11) is 0. The molecule has 5 nitrogen and oxygen atoms in total. The molecule has 0 spiro atoms. The third-order valence-corrected chi connectivity index (χ3v) is 2.10. The second kappa shape index (κ2) is 4.55. The van der Waals surface area contributed by atoms with E-state index in [-0.39, 0.29) is 6.10 Å². The number of nitrogens with zero attached hydrogens (tertiary/aromatic N) is 1. The molecular formula is C8H16N2O3. The summed E-state index contributed by atoms with van der Waals surface area (Å²) < 4.78 is 5.32. The van der Waals surface area contributed by atoms with Gasteiger partial charge in [-0.05, 0) is 6.92 Å². The summed E-state index contributed by atoms with van der Waals surface area (Å²) in [4.78, 5) is 12.5. The number of morpholine rings is 1. The highest BCUT2D eigenvalue weighted by atomic mass is 16.5. The fraction of sp³-hybridized carbons (Fsp3) is 0.875. The van der Waals surface area contributed by atoms with Gasteiger partial charge >= 0.3 is 5.97 Å². The van der Waals surface area contributed by atoms with Crippen LogP contribution < -0.4 is 5.73 Å². The number of nitrogens with two attached hydrogens (primary N) is 1. The number of carbonyl (C=O) groups is 1. The second-order valence-electron chi connectivity index (χ2n) is 3.39. The van der Waals surface area contributed by atoms with Crippen molar-refractivity contribution in [1.29, 1.82) is 0 Å². The van der Waals surface area contributed by atoms with E-state index < -0.39 is 12.0 Å². The van der Waals surface area contributed by atoms with Gasteiger partial charge in [-0.3, -0.25) is 9.69 Å². The lowest BCUT2D eigenvalue weighted by atomic mass is 10.2. The Bertz CT molecular complexity index is 186. The van der Waals surface area contributed by atoms with Crippen LogP contribution in [-0.2, 0) is 9.53 Å². The Hall–Kier alpha value is -0.650. The SMILES string of the molecule is CC1CN(CC(N)C(=O)O)CCO1. The lowest BCUT2D eigenvalue weighted by molar-refractivity contribution is -0.139. The van der Waals surface area contributed by atoms with Crippen LogP contribution in [0.4, 0.5) is 0 Å². The second-order valence-corrected chi connectivity index (χ2v) is 3.39. The van der Waals surface area contributed by atoms with Crippen molar-refractivity contribution in [3.63, 3.8) is 0 Å². The van der Waals surface area contributed by atoms with Gasteiger partial charge in [0, 0.05) is 19.6 Å². The first-order valence-electron chi connectivity index (χ1n) is 4.42. The highest BCUT2D eigenvalue weighted by Crippen LogP contribution is 2.04. The molecule has 76 valence electrons. The smallest absolute Gasteiger partial charge is 0.321 e. The normalized spacial score (nSPS) is 27.1. The molecule has 5 heteroatoms. The fourth-order valence-corrected chi connectivity index (χ4v) is 1.41. The summed E-state index contributed by atoms with van der Waals surface area (Å²) in [5.74, 6) is -0.945. The maximum absolute atomic E-state index is 10.5. The van der Waals surface area contributed by atoms with Crippen LogP contribution in [-0.4, -0.2) is 54.4 Å². The van der Waals surface area contributed by atoms with E-state index in [9.17, 15) is 4.79 Å². The van der Waals surface area contributed by atoms with Gasteiger partial charge in [0.1, 0.15) is 6.04 Å². The van der Waals surface area contributed by atoms with Crippen molar-refractivity contribution in [3.8, 4) is 0 Å². The Labute approximate surface area is 77.5 Å². The average Bonchev–Trinajstić information content (AvgIpc) is 2.04. The summed E-state index contributed by atoms with van der Waals surface area (Å²) >= 11 is 0. The molecule has 0 aromatic rings. The molecule has 1 aliphatic heterocycles. The molecule has 0 aromatic heterocycles. The number of hydrogen-bond acceptors (Lipinski definition) is 4. The fourth-order valence-electron chi connectivity index (χ4n) is 1.41. The zero-order valence-electron chi connectivity index (χ0n) is 7.77. The van der Waals surface area contributed by atoms with Gasteiger partial charge < -0.3 is 15.6 Å². The van der Waals surface area contributed by atoms with Crippen LogP contribution in [0.2, 0.25) is 0 Å². The van der Waals surface area contributed by atoms with Gasteiger partial charge in [0.25, 0.3) is 0 Å². The predicted octanol–water partition coefficient (Wildman–Crippen LogP) is -0.881. The monoisotopic (exact) mass is 188 g/mol. The molecule has 3 N–H and O–H groups in total. The van der Waals surface area contributed by atoms with Crippen molar-refractivity contribution in [3.05, 3.63) is 0 Å². The van der Waals surface area contributed by atoms with Crippen LogP contribution in [0.3, 0.4) is 0 Å². The summed E-state index contributed by atoms with van der Waals surface area (Å²) in [5.41, 5.74) is 5.41. The summed E-state index contributed by atoms with van der Waals surface area (Å²) in [5, 5.41) is 8.60. The Morgan fingerprint density at radius 1 is 1.85 bits per heavy atom. The molecule has 2 unspecified atom stereocenters. The van der Waals surface area contributed by atoms with Crippen LogP contribution in [0, 0.1) is 0 Å². The quantitative estimate of drug-likeness (QED) is 0.601. The van der Waals surface area contributed by atoms with Crippen LogP contribution in [0.25, 0.3) is 0 Å². The summed E-state index contributed by atoms with van der Waals surface area (Å²) in [6.07, 6.45) is 0.176. The average molecular weight is 188 g/mol. The van der Waals surface area contributed by atoms with E-state index in [0.29, 0.717) is 13.2 Å². The first-order chi connectivity index (χ1) is 6.09. The molecule has 0 saturated carbocycles. The van der Waals surface area contributed by atoms with Crippen molar-refractivity contribution >= 4 is 5.97 Å². The first kappa shape index (κ1) is 10.4. The number of aliphatic carboxylic acids is 1. The van der Waals surface area contributed by atoms with Gasteiger partial charge in [-0.1, -0.05) is 0 Å². The van der Waals surface area contributed by atoms with E-state index in [2.05, 4.69) is 0 Å². The summed E-state index contributed by atoms with van der Waals surface area (Å²) in [6, 6.07) is -0.787. The number of ether oxygens (including phenoxy) is 1. The van der Waals surface area contributed by atoms with Crippen LogP contribution in [0.1, 0.15) is 6.92 Å². The van der Waals surface area contributed by atoms with Crippen molar-refractivity contribution in [1.82, 2.24) is 4.90 Å². The van der Waals surface area contributed by atoms with E-state index in [0.717, 1.165) is 13.1 Å². The molecule has 0 aromatic carbocycles. The largest absolute Gasteiger partial charge is 0.480 e. The lowest BCUT2D eigenvalue weighted by Crippen LogP contribution is -2.48. The third-order valence-electron chi connectivity index (χ3n) is 2.10. The highest BCUT2D eigenvalue weighted by Gasteiger charge is 2.21. The minimum absolute atomic E-state index is 0.176. The molecule has 0 aliphatic carbocycles. The zero-order chi connectivity index (χ0) is 9.84. The van der Waals surface area contributed by atoms with E-state index >= 15 is 0 Å². The predicted molar refractivity (Wildman–Crippen MR) is 47.5 cm³/mol. The van der Waals surface area contributed by atoms with E-state index in [4.69, 9.17) is 15.6 Å². The molecular weight excluding hydrogens is 172 g/mol. The minimum Gasteiger partial charge on any atom is -0.480 e. The number of hydrogen-bond donors (Lipinski definition) is 2. The van der Waals surface area contributed by atoms with E-state index in [1.54, 1.807) is 0 Å². The van der Waals surface area contributed by atoms with Crippen LogP contribution in [0.15, 0.2) is 0 Å². The topological polar surface area (TPSA) is 75.8 Å². The van der Waals surface area contributed by atoms with Crippen molar-refractivity contribution < 1.29 is 14.6 Å². The third kappa shape index (κ3) is 3.30. The van der Waals surface area contributed by atoms with Gasteiger partial charge in [0.05, 0.1) is 12.7 Å². The summed E-state index contributed by atoms with van der Waals surface area (Å²) in [6.45, 7) is 4.57. The highest BCUT2D eigenvalue weighted by molar-refractivity contribution is 5.73. The van der Waals surface area contributed by atoms with Gasteiger partial charge in [-0.25, -0.2) is 0 Å². The molecule has 0 bridgehead atoms. The number of rotatable bonds is 3. The molecule has 1 saturated heterocycles. The van der Waals surface area contributed by atoms with Crippen LogP contribution >= 0.6 is 0 Å². The molecule has 0 amide bonds. The first-order valence-corrected chi connectivity index (χ1v) is 4.42. The zero-order valence-corrected chi connectivity index (χ0v) is 7.77. The van der Waals surface area contributed by atoms with E-state index in [1.807, 2.05) is 11.8 Å². The minimum atomic E-state index is -0.945. The number of carboxylic acid groups (broad SMARTS) is 1. The Morgan fingerprint density at radius 2 is 2.54 bits per heavy atom. The van der Waals surface area contributed by atoms with Crippen molar-refractivity contribution in [2.24, 2.45) is 5.73 Å². The maximum atomic E-state index is 10.5. The van der Waals surface area contributed by atoms with Crippen molar-refractivity contribution in [2.45, 2.75) is 19.1 Å². The molecule has 0 radical (unpaired) electrons. The van der Waals surface area contributed by atoms with Gasteiger partial charge in [-0.2, -0.15) is 0 Å².